The van der Waals surface area contributed by atoms with E-state index >= 15 is 0 Å². The first kappa shape index (κ1) is 13.6. The molecule has 0 saturated carbocycles. The maximum Gasteiger partial charge on any atom is 0.134 e. The highest BCUT2D eigenvalue weighted by Gasteiger charge is 2.12. The average Bonchev–Trinajstić information content (AvgIpc) is 2.41. The van der Waals surface area contributed by atoms with Gasteiger partial charge in [-0.2, -0.15) is 0 Å². The van der Waals surface area contributed by atoms with Crippen LogP contribution in [0.25, 0.3) is 0 Å². The summed E-state index contributed by atoms with van der Waals surface area (Å²) in [6.07, 6.45) is 1.54. The van der Waals surface area contributed by atoms with Crippen molar-refractivity contribution in [2.45, 2.75) is 19.9 Å². The van der Waals surface area contributed by atoms with E-state index in [4.69, 9.17) is 11.6 Å². The van der Waals surface area contributed by atoms with E-state index in [2.05, 4.69) is 27.5 Å². The van der Waals surface area contributed by atoms with E-state index in [0.717, 1.165) is 27.8 Å². The van der Waals surface area contributed by atoms with Gasteiger partial charge in [0.15, 0.2) is 0 Å². The highest BCUT2D eigenvalue weighted by molar-refractivity contribution is 6.31. The normalized spacial score (nSPS) is 12.0. The fourth-order valence-electron chi connectivity index (χ4n) is 1.96. The molecule has 0 fully saturated rings. The number of aromatic nitrogens is 2. The van der Waals surface area contributed by atoms with Crippen LogP contribution >= 0.6 is 11.6 Å². The second-order valence-electron chi connectivity index (χ2n) is 4.33. The third-order valence-corrected chi connectivity index (χ3v) is 3.39. The molecule has 0 aliphatic rings. The number of hydrogen-bond donors (Lipinski definition) is 2. The van der Waals surface area contributed by atoms with Gasteiger partial charge in [0.25, 0.3) is 0 Å². The van der Waals surface area contributed by atoms with Gasteiger partial charge in [-0.25, -0.2) is 9.97 Å². The Kier molecular flexibility index (Phi) is 4.22. The van der Waals surface area contributed by atoms with Gasteiger partial charge in [0.1, 0.15) is 18.0 Å². The first-order valence-electron chi connectivity index (χ1n) is 6.13. The van der Waals surface area contributed by atoms with Crippen LogP contribution in [0.4, 0.5) is 11.6 Å². The minimum absolute atomic E-state index is 0.0759. The quantitative estimate of drug-likeness (QED) is 0.895. The zero-order valence-electron chi connectivity index (χ0n) is 11.2. The lowest BCUT2D eigenvalue weighted by Crippen LogP contribution is -2.11. The molecule has 1 unspecified atom stereocenters. The Morgan fingerprint density at radius 3 is 2.53 bits per heavy atom. The maximum absolute atomic E-state index is 6.20. The Labute approximate surface area is 118 Å². The molecule has 0 amide bonds. The Hall–Kier alpha value is -1.81. The Balaban J connectivity index is 2.24. The summed E-state index contributed by atoms with van der Waals surface area (Å²) in [7, 11) is 1.84. The first-order chi connectivity index (χ1) is 9.13. The molecule has 0 radical (unpaired) electrons. The van der Waals surface area contributed by atoms with Gasteiger partial charge < -0.3 is 10.6 Å². The van der Waals surface area contributed by atoms with Crippen LogP contribution in [0.3, 0.4) is 0 Å². The second kappa shape index (κ2) is 5.89. The largest absolute Gasteiger partial charge is 0.373 e. The molecular weight excluding hydrogens is 260 g/mol. The summed E-state index contributed by atoms with van der Waals surface area (Å²) in [6.45, 7) is 4.04. The van der Waals surface area contributed by atoms with Gasteiger partial charge in [-0.15, -0.1) is 0 Å². The lowest BCUT2D eigenvalue weighted by Gasteiger charge is -2.18. The van der Waals surface area contributed by atoms with Gasteiger partial charge in [0, 0.05) is 17.6 Å². The molecule has 1 aromatic carbocycles. The van der Waals surface area contributed by atoms with Crippen LogP contribution in [0, 0.1) is 6.92 Å². The van der Waals surface area contributed by atoms with Crippen molar-refractivity contribution >= 4 is 23.2 Å². The molecule has 100 valence electrons. The van der Waals surface area contributed by atoms with Crippen LogP contribution in [-0.4, -0.2) is 17.0 Å². The Morgan fingerprint density at radius 2 is 1.84 bits per heavy atom. The lowest BCUT2D eigenvalue weighted by atomic mass is 10.1. The van der Waals surface area contributed by atoms with Crippen LogP contribution in [0.5, 0.6) is 0 Å². The molecule has 0 aliphatic carbocycles. The molecule has 0 bridgehead atoms. The maximum atomic E-state index is 6.20. The molecule has 0 aliphatic heterocycles. The molecule has 1 aromatic heterocycles. The monoisotopic (exact) mass is 276 g/mol. The van der Waals surface area contributed by atoms with Crippen molar-refractivity contribution in [2.75, 3.05) is 17.7 Å². The van der Waals surface area contributed by atoms with Crippen molar-refractivity contribution < 1.29 is 0 Å². The van der Waals surface area contributed by atoms with E-state index in [1.807, 2.05) is 38.2 Å². The topological polar surface area (TPSA) is 49.8 Å². The highest BCUT2D eigenvalue weighted by Crippen LogP contribution is 2.27. The minimum atomic E-state index is 0.0759. The van der Waals surface area contributed by atoms with Gasteiger partial charge in [-0.05, 0) is 25.5 Å². The molecule has 0 spiro atoms. The predicted octanol–water partition coefficient (Wildman–Crippen LogP) is 3.65. The number of benzene rings is 1. The molecule has 0 saturated heterocycles. The summed E-state index contributed by atoms with van der Waals surface area (Å²) in [5.74, 6) is 1.63. The van der Waals surface area contributed by atoms with Crippen LogP contribution in [0.15, 0.2) is 30.6 Å². The third-order valence-electron chi connectivity index (χ3n) is 3.05. The van der Waals surface area contributed by atoms with E-state index in [1.54, 1.807) is 6.33 Å². The van der Waals surface area contributed by atoms with E-state index in [9.17, 15) is 0 Å². The van der Waals surface area contributed by atoms with Crippen molar-refractivity contribution in [3.8, 4) is 0 Å². The third kappa shape index (κ3) is 2.96. The number of rotatable bonds is 4. The molecule has 2 rings (SSSR count). The molecule has 4 nitrogen and oxygen atoms in total. The number of anilines is 2. The molecule has 19 heavy (non-hydrogen) atoms. The fraction of sp³-hybridized carbons (Fsp3) is 0.286. The number of halogens is 1. The summed E-state index contributed by atoms with van der Waals surface area (Å²) < 4.78 is 0. The predicted molar refractivity (Wildman–Crippen MR) is 79.8 cm³/mol. The fourth-order valence-corrected chi connectivity index (χ4v) is 2.26. The first-order valence-corrected chi connectivity index (χ1v) is 6.51. The molecule has 1 atom stereocenters. The minimum Gasteiger partial charge on any atom is -0.373 e. The molecule has 5 heteroatoms. The molecule has 2 aromatic rings. The van der Waals surface area contributed by atoms with E-state index in [0.29, 0.717) is 0 Å². The van der Waals surface area contributed by atoms with Gasteiger partial charge in [0.2, 0.25) is 0 Å². The summed E-state index contributed by atoms with van der Waals surface area (Å²) >= 11 is 6.20. The van der Waals surface area contributed by atoms with Crippen LogP contribution in [-0.2, 0) is 0 Å². The summed E-state index contributed by atoms with van der Waals surface area (Å²) in [5, 5.41) is 7.16. The van der Waals surface area contributed by atoms with Crippen molar-refractivity contribution in [3.05, 3.63) is 46.7 Å². The number of hydrogen-bond acceptors (Lipinski definition) is 4. The highest BCUT2D eigenvalue weighted by atomic mass is 35.5. The van der Waals surface area contributed by atoms with Crippen molar-refractivity contribution in [3.63, 3.8) is 0 Å². The van der Waals surface area contributed by atoms with Gasteiger partial charge in [0.05, 0.1) is 6.04 Å². The van der Waals surface area contributed by atoms with Crippen LogP contribution < -0.4 is 10.6 Å². The van der Waals surface area contributed by atoms with Crippen molar-refractivity contribution in [2.24, 2.45) is 0 Å². The summed E-state index contributed by atoms with van der Waals surface area (Å²) in [6, 6.07) is 7.88. The zero-order chi connectivity index (χ0) is 13.8. The SMILES string of the molecule is CNc1ncnc(NC(C)c2ccccc2Cl)c1C. The van der Waals surface area contributed by atoms with Gasteiger partial charge in [-0.3, -0.25) is 0 Å². The van der Waals surface area contributed by atoms with Gasteiger partial charge >= 0.3 is 0 Å². The summed E-state index contributed by atoms with van der Waals surface area (Å²) in [5.41, 5.74) is 2.04. The smallest absolute Gasteiger partial charge is 0.134 e. The number of nitrogens with zero attached hydrogens (tertiary/aromatic N) is 2. The second-order valence-corrected chi connectivity index (χ2v) is 4.74. The standard InChI is InChI=1S/C14H17ClN4/c1-9-13(16-3)17-8-18-14(9)19-10(2)11-6-4-5-7-12(11)15/h4-8,10H,1-3H3,(H2,16,17,18,19). The van der Waals surface area contributed by atoms with Crippen molar-refractivity contribution in [1.29, 1.82) is 0 Å². The average molecular weight is 277 g/mol. The van der Waals surface area contributed by atoms with Crippen molar-refractivity contribution in [1.82, 2.24) is 9.97 Å². The molecular formula is C14H17ClN4. The summed E-state index contributed by atoms with van der Waals surface area (Å²) in [4.78, 5) is 8.44. The van der Waals surface area contributed by atoms with E-state index in [1.165, 1.54) is 0 Å². The van der Waals surface area contributed by atoms with Crippen LogP contribution in [0.2, 0.25) is 5.02 Å². The lowest BCUT2D eigenvalue weighted by molar-refractivity contribution is 0.868. The molecule has 1 heterocycles. The Morgan fingerprint density at radius 1 is 1.16 bits per heavy atom. The zero-order valence-corrected chi connectivity index (χ0v) is 12.0. The van der Waals surface area contributed by atoms with E-state index < -0.39 is 0 Å². The molecule has 2 N–H and O–H groups in total. The number of nitrogens with one attached hydrogen (secondary N) is 2. The van der Waals surface area contributed by atoms with Crippen LogP contribution in [0.1, 0.15) is 24.1 Å². The van der Waals surface area contributed by atoms with Gasteiger partial charge in [-0.1, -0.05) is 29.8 Å². The van der Waals surface area contributed by atoms with E-state index in [-0.39, 0.29) is 6.04 Å². The Bertz CT molecular complexity index is 571.